The van der Waals surface area contributed by atoms with Crippen LogP contribution >= 0.6 is 11.6 Å². The normalized spacial score (nSPS) is 10.0. The van der Waals surface area contributed by atoms with Crippen molar-refractivity contribution in [2.45, 2.75) is 0 Å². The summed E-state index contributed by atoms with van der Waals surface area (Å²) in [4.78, 5) is 22.9. The number of primary amides is 1. The standard InChI is InChI=1S/C16H15ClN2O4/c1-22-14-7-4-11(17)8-13(14)19-15(20)9-23-12-5-2-10(3-6-12)16(18)21/h2-8H,9H2,1H3,(H2,18,21)(H,19,20). The lowest BCUT2D eigenvalue weighted by Gasteiger charge is -2.11. The van der Waals surface area contributed by atoms with Gasteiger partial charge in [0.2, 0.25) is 5.91 Å². The van der Waals surface area contributed by atoms with Crippen LogP contribution in [0.5, 0.6) is 11.5 Å². The molecular weight excluding hydrogens is 320 g/mol. The minimum absolute atomic E-state index is 0.203. The van der Waals surface area contributed by atoms with Crippen molar-refractivity contribution in [3.05, 3.63) is 53.1 Å². The number of carbonyl (C=O) groups is 2. The first-order valence-electron chi connectivity index (χ1n) is 6.65. The summed E-state index contributed by atoms with van der Waals surface area (Å²) in [6.07, 6.45) is 0. The van der Waals surface area contributed by atoms with Gasteiger partial charge in [0.15, 0.2) is 6.61 Å². The Bertz CT molecular complexity index is 717. The lowest BCUT2D eigenvalue weighted by atomic mass is 10.2. The highest BCUT2D eigenvalue weighted by atomic mass is 35.5. The Hall–Kier alpha value is -2.73. The summed E-state index contributed by atoms with van der Waals surface area (Å²) in [5, 5.41) is 3.13. The summed E-state index contributed by atoms with van der Waals surface area (Å²) in [7, 11) is 1.50. The summed E-state index contributed by atoms with van der Waals surface area (Å²) >= 11 is 5.89. The average Bonchev–Trinajstić information content (AvgIpc) is 2.53. The summed E-state index contributed by atoms with van der Waals surface area (Å²) in [5.41, 5.74) is 5.97. The van der Waals surface area contributed by atoms with Crippen molar-refractivity contribution >= 4 is 29.1 Å². The van der Waals surface area contributed by atoms with Gasteiger partial charge in [0, 0.05) is 10.6 Å². The van der Waals surface area contributed by atoms with Crippen molar-refractivity contribution in [1.29, 1.82) is 0 Å². The van der Waals surface area contributed by atoms with Crippen molar-refractivity contribution in [2.24, 2.45) is 5.73 Å². The number of halogens is 1. The van der Waals surface area contributed by atoms with Gasteiger partial charge >= 0.3 is 0 Å². The monoisotopic (exact) mass is 334 g/mol. The van der Waals surface area contributed by atoms with Gasteiger partial charge in [-0.15, -0.1) is 0 Å². The van der Waals surface area contributed by atoms with Gasteiger partial charge in [0.25, 0.3) is 5.91 Å². The van der Waals surface area contributed by atoms with E-state index in [2.05, 4.69) is 5.32 Å². The molecule has 0 fully saturated rings. The van der Waals surface area contributed by atoms with E-state index in [4.69, 9.17) is 26.8 Å². The van der Waals surface area contributed by atoms with Crippen molar-refractivity contribution < 1.29 is 19.1 Å². The van der Waals surface area contributed by atoms with Crippen LogP contribution < -0.4 is 20.5 Å². The number of hydrogen-bond donors (Lipinski definition) is 2. The molecule has 2 amide bonds. The molecule has 0 saturated carbocycles. The maximum absolute atomic E-state index is 11.9. The second-order valence-electron chi connectivity index (χ2n) is 4.57. The topological polar surface area (TPSA) is 90.7 Å². The van der Waals surface area contributed by atoms with Crippen LogP contribution in [0.15, 0.2) is 42.5 Å². The molecule has 23 heavy (non-hydrogen) atoms. The van der Waals surface area contributed by atoms with Gasteiger partial charge in [-0.1, -0.05) is 11.6 Å². The number of nitrogens with one attached hydrogen (secondary N) is 1. The highest BCUT2D eigenvalue weighted by Gasteiger charge is 2.09. The maximum Gasteiger partial charge on any atom is 0.262 e. The molecule has 0 atom stereocenters. The number of ether oxygens (including phenoxy) is 2. The largest absolute Gasteiger partial charge is 0.495 e. The zero-order valence-corrected chi connectivity index (χ0v) is 13.1. The summed E-state index contributed by atoms with van der Waals surface area (Å²) in [5.74, 6) is 0.0451. The highest BCUT2D eigenvalue weighted by Crippen LogP contribution is 2.27. The van der Waals surface area contributed by atoms with E-state index in [9.17, 15) is 9.59 Å². The second-order valence-corrected chi connectivity index (χ2v) is 5.01. The average molecular weight is 335 g/mol. The van der Waals surface area contributed by atoms with Crippen molar-refractivity contribution in [3.8, 4) is 11.5 Å². The van der Waals surface area contributed by atoms with Crippen LogP contribution in [0.4, 0.5) is 5.69 Å². The third kappa shape index (κ3) is 4.62. The van der Waals surface area contributed by atoms with Gasteiger partial charge in [-0.05, 0) is 42.5 Å². The van der Waals surface area contributed by atoms with Gasteiger partial charge in [-0.2, -0.15) is 0 Å². The molecule has 0 aliphatic rings. The van der Waals surface area contributed by atoms with Gasteiger partial charge in [-0.3, -0.25) is 9.59 Å². The van der Waals surface area contributed by atoms with E-state index in [1.54, 1.807) is 30.3 Å². The van der Waals surface area contributed by atoms with E-state index in [-0.39, 0.29) is 12.5 Å². The number of carbonyl (C=O) groups excluding carboxylic acids is 2. The van der Waals surface area contributed by atoms with Gasteiger partial charge in [0.1, 0.15) is 11.5 Å². The first-order valence-corrected chi connectivity index (χ1v) is 7.03. The fourth-order valence-electron chi connectivity index (χ4n) is 1.83. The number of anilines is 1. The predicted octanol–water partition coefficient (Wildman–Crippen LogP) is 2.46. The fraction of sp³-hybridized carbons (Fsp3) is 0.125. The zero-order valence-electron chi connectivity index (χ0n) is 12.3. The second kappa shape index (κ2) is 7.51. The molecular formula is C16H15ClN2O4. The Labute approximate surface area is 138 Å². The summed E-state index contributed by atoms with van der Waals surface area (Å²) < 4.78 is 10.5. The Morgan fingerprint density at radius 2 is 1.87 bits per heavy atom. The molecule has 0 aliphatic carbocycles. The Kier molecular flexibility index (Phi) is 5.43. The lowest BCUT2D eigenvalue weighted by molar-refractivity contribution is -0.118. The third-order valence-electron chi connectivity index (χ3n) is 2.94. The van der Waals surface area contributed by atoms with Gasteiger partial charge < -0.3 is 20.5 Å². The van der Waals surface area contributed by atoms with E-state index in [1.807, 2.05) is 0 Å². The summed E-state index contributed by atoms with van der Waals surface area (Å²) in [6, 6.07) is 11.1. The number of rotatable bonds is 6. The van der Waals surface area contributed by atoms with Crippen LogP contribution in [0, 0.1) is 0 Å². The molecule has 0 spiro atoms. The first kappa shape index (κ1) is 16.6. The molecule has 7 heteroatoms. The molecule has 6 nitrogen and oxygen atoms in total. The summed E-state index contributed by atoms with van der Waals surface area (Å²) in [6.45, 7) is -0.203. The molecule has 2 aromatic rings. The maximum atomic E-state index is 11.9. The zero-order chi connectivity index (χ0) is 16.8. The predicted molar refractivity (Wildman–Crippen MR) is 87.1 cm³/mol. The van der Waals surface area contributed by atoms with E-state index < -0.39 is 5.91 Å². The molecule has 0 heterocycles. The molecule has 0 saturated heterocycles. The van der Waals surface area contributed by atoms with Crippen molar-refractivity contribution in [1.82, 2.24) is 0 Å². The molecule has 0 unspecified atom stereocenters. The van der Waals surface area contributed by atoms with Crippen LogP contribution in [-0.2, 0) is 4.79 Å². The third-order valence-corrected chi connectivity index (χ3v) is 3.18. The number of hydrogen-bond acceptors (Lipinski definition) is 4. The highest BCUT2D eigenvalue weighted by molar-refractivity contribution is 6.31. The quantitative estimate of drug-likeness (QED) is 0.849. The van der Waals surface area contributed by atoms with Crippen LogP contribution in [0.1, 0.15) is 10.4 Å². The van der Waals surface area contributed by atoms with Gasteiger partial charge in [-0.25, -0.2) is 0 Å². The molecule has 120 valence electrons. The minimum atomic E-state index is -0.526. The fourth-order valence-corrected chi connectivity index (χ4v) is 2.00. The number of nitrogens with two attached hydrogens (primary N) is 1. The Morgan fingerprint density at radius 1 is 1.17 bits per heavy atom. The van der Waals surface area contributed by atoms with Gasteiger partial charge in [0.05, 0.1) is 12.8 Å². The van der Waals surface area contributed by atoms with E-state index >= 15 is 0 Å². The lowest BCUT2D eigenvalue weighted by Crippen LogP contribution is -2.20. The van der Waals surface area contributed by atoms with Crippen LogP contribution in [0.2, 0.25) is 5.02 Å². The molecule has 0 aliphatic heterocycles. The molecule has 0 aromatic heterocycles. The molecule has 0 bridgehead atoms. The number of benzene rings is 2. The van der Waals surface area contributed by atoms with E-state index in [1.165, 1.54) is 19.2 Å². The van der Waals surface area contributed by atoms with Crippen LogP contribution in [0.25, 0.3) is 0 Å². The van der Waals surface area contributed by atoms with Crippen molar-refractivity contribution in [2.75, 3.05) is 19.0 Å². The minimum Gasteiger partial charge on any atom is -0.495 e. The molecule has 2 aromatic carbocycles. The molecule has 0 radical (unpaired) electrons. The first-order chi connectivity index (χ1) is 11.0. The SMILES string of the molecule is COc1ccc(Cl)cc1NC(=O)COc1ccc(C(N)=O)cc1. The van der Waals surface area contributed by atoms with Crippen LogP contribution in [-0.4, -0.2) is 25.5 Å². The van der Waals surface area contributed by atoms with Crippen molar-refractivity contribution in [3.63, 3.8) is 0 Å². The number of methoxy groups -OCH3 is 1. The van der Waals surface area contributed by atoms with Crippen LogP contribution in [0.3, 0.4) is 0 Å². The number of amides is 2. The smallest absolute Gasteiger partial charge is 0.262 e. The molecule has 3 N–H and O–H groups in total. The molecule has 2 rings (SSSR count). The Morgan fingerprint density at radius 3 is 2.48 bits per heavy atom. The Balaban J connectivity index is 1.95. The van der Waals surface area contributed by atoms with E-state index in [0.29, 0.717) is 27.8 Å². The van der Waals surface area contributed by atoms with E-state index in [0.717, 1.165) is 0 Å².